The van der Waals surface area contributed by atoms with Gasteiger partial charge in [-0.3, -0.25) is 19.3 Å². The number of aryl methyl sites for hydroxylation is 1. The molecular weight excluding hydrogens is 483 g/mol. The van der Waals surface area contributed by atoms with Crippen molar-refractivity contribution in [2.45, 2.75) is 64.0 Å². The second-order valence-corrected chi connectivity index (χ2v) is 9.66. The summed E-state index contributed by atoms with van der Waals surface area (Å²) in [6, 6.07) is 17.4. The predicted octanol–water partition coefficient (Wildman–Crippen LogP) is 5.47. The fourth-order valence-corrected chi connectivity index (χ4v) is 4.72. The van der Waals surface area contributed by atoms with Crippen LogP contribution < -0.4 is 15.5 Å². The predicted molar refractivity (Wildman–Crippen MR) is 145 cm³/mol. The van der Waals surface area contributed by atoms with Crippen molar-refractivity contribution in [3.63, 3.8) is 0 Å². The Morgan fingerprint density at radius 3 is 2.34 bits per heavy atom. The quantitative estimate of drug-likeness (QED) is 0.374. The number of benzene rings is 2. The SMILES string of the molecule is Cc1ccc(N(C(=O)CCCC(=O)Nc2ccccn2)C(C(=O)NC2CCCC2)c2ccc(F)cc2)cc1. The maximum atomic E-state index is 13.8. The summed E-state index contributed by atoms with van der Waals surface area (Å²) < 4.78 is 13.8. The Kier molecular flexibility index (Phi) is 9.19. The fourth-order valence-electron chi connectivity index (χ4n) is 4.72. The topological polar surface area (TPSA) is 91.4 Å². The molecule has 3 amide bonds. The maximum absolute atomic E-state index is 13.8. The number of carbonyl (C=O) groups excluding carboxylic acids is 3. The summed E-state index contributed by atoms with van der Waals surface area (Å²) in [5.41, 5.74) is 2.10. The number of aromatic nitrogens is 1. The number of carbonyl (C=O) groups is 3. The van der Waals surface area contributed by atoms with Crippen LogP contribution in [0.1, 0.15) is 62.1 Å². The first-order valence-electron chi connectivity index (χ1n) is 13.1. The van der Waals surface area contributed by atoms with Crippen molar-refractivity contribution in [3.05, 3.63) is 89.9 Å². The first-order chi connectivity index (χ1) is 18.4. The molecule has 4 rings (SSSR count). The first kappa shape index (κ1) is 27.0. The van der Waals surface area contributed by atoms with E-state index >= 15 is 0 Å². The van der Waals surface area contributed by atoms with Crippen molar-refractivity contribution in [1.29, 1.82) is 0 Å². The molecule has 1 fully saturated rings. The van der Waals surface area contributed by atoms with Gasteiger partial charge in [0.15, 0.2) is 0 Å². The normalized spacial score (nSPS) is 14.1. The number of hydrogen-bond donors (Lipinski definition) is 2. The van der Waals surface area contributed by atoms with E-state index in [0.717, 1.165) is 31.2 Å². The average molecular weight is 517 g/mol. The standard InChI is InChI=1S/C30H33FN4O3/c1-21-12-18-25(19-13-21)35(28(37)11-6-10-27(36)34-26-9-4-5-20-32-26)29(22-14-16-23(31)17-15-22)30(38)33-24-7-2-3-8-24/h4-5,9,12-20,24,29H,2-3,6-8,10-11H2,1H3,(H,33,38)(H,32,34,36). The summed E-state index contributed by atoms with van der Waals surface area (Å²) >= 11 is 0. The molecule has 1 aliphatic carbocycles. The number of pyridine rings is 1. The highest BCUT2D eigenvalue weighted by Gasteiger charge is 2.34. The molecule has 0 saturated heterocycles. The Morgan fingerprint density at radius 2 is 1.68 bits per heavy atom. The lowest BCUT2D eigenvalue weighted by atomic mass is 10.0. The van der Waals surface area contributed by atoms with Gasteiger partial charge in [-0.15, -0.1) is 0 Å². The third kappa shape index (κ3) is 7.25. The number of rotatable bonds is 10. The number of hydrogen-bond acceptors (Lipinski definition) is 4. The molecule has 1 unspecified atom stereocenters. The highest BCUT2D eigenvalue weighted by molar-refractivity contribution is 6.01. The monoisotopic (exact) mass is 516 g/mol. The first-order valence-corrected chi connectivity index (χ1v) is 13.1. The molecule has 0 bridgehead atoms. The van der Waals surface area contributed by atoms with Crippen molar-refractivity contribution in [3.8, 4) is 0 Å². The van der Waals surface area contributed by atoms with E-state index in [4.69, 9.17) is 0 Å². The van der Waals surface area contributed by atoms with Gasteiger partial charge in [0.05, 0.1) is 0 Å². The van der Waals surface area contributed by atoms with Gasteiger partial charge in [-0.1, -0.05) is 48.7 Å². The van der Waals surface area contributed by atoms with Crippen LogP contribution in [0.5, 0.6) is 0 Å². The smallest absolute Gasteiger partial charge is 0.248 e. The highest BCUT2D eigenvalue weighted by atomic mass is 19.1. The molecule has 1 aliphatic rings. The van der Waals surface area contributed by atoms with Gasteiger partial charge in [-0.05, 0) is 68.1 Å². The van der Waals surface area contributed by atoms with E-state index in [1.807, 2.05) is 19.1 Å². The van der Waals surface area contributed by atoms with Crippen LogP contribution in [-0.4, -0.2) is 28.7 Å². The number of nitrogens with one attached hydrogen (secondary N) is 2. The Morgan fingerprint density at radius 1 is 0.974 bits per heavy atom. The number of anilines is 2. The molecule has 2 N–H and O–H groups in total. The summed E-state index contributed by atoms with van der Waals surface area (Å²) in [4.78, 5) is 45.4. The summed E-state index contributed by atoms with van der Waals surface area (Å²) in [6.45, 7) is 1.94. The Labute approximate surface area is 222 Å². The number of amides is 3. The molecule has 1 aromatic heterocycles. The third-order valence-corrected chi connectivity index (χ3v) is 6.70. The van der Waals surface area contributed by atoms with E-state index in [1.165, 1.54) is 17.0 Å². The molecule has 1 atom stereocenters. The van der Waals surface area contributed by atoms with Crippen molar-refractivity contribution in [1.82, 2.24) is 10.3 Å². The van der Waals surface area contributed by atoms with E-state index < -0.39 is 11.9 Å². The van der Waals surface area contributed by atoms with E-state index in [2.05, 4.69) is 15.6 Å². The second-order valence-electron chi connectivity index (χ2n) is 9.66. The zero-order valence-corrected chi connectivity index (χ0v) is 21.5. The zero-order valence-electron chi connectivity index (χ0n) is 21.5. The van der Waals surface area contributed by atoms with E-state index in [-0.39, 0.29) is 36.6 Å². The number of nitrogens with zero attached hydrogens (tertiary/aromatic N) is 2. The van der Waals surface area contributed by atoms with Gasteiger partial charge in [0.1, 0.15) is 17.7 Å². The summed E-state index contributed by atoms with van der Waals surface area (Å²) in [7, 11) is 0. The zero-order chi connectivity index (χ0) is 26.9. The maximum Gasteiger partial charge on any atom is 0.248 e. The molecule has 0 radical (unpaired) electrons. The lowest BCUT2D eigenvalue weighted by Crippen LogP contribution is -2.46. The molecule has 3 aromatic rings. The molecular formula is C30H33FN4O3. The third-order valence-electron chi connectivity index (χ3n) is 6.70. The Balaban J connectivity index is 1.56. The van der Waals surface area contributed by atoms with Gasteiger partial charge < -0.3 is 10.6 Å². The van der Waals surface area contributed by atoms with Gasteiger partial charge in [-0.25, -0.2) is 9.37 Å². The van der Waals surface area contributed by atoms with Gasteiger partial charge in [0.2, 0.25) is 17.7 Å². The molecule has 7 nitrogen and oxygen atoms in total. The van der Waals surface area contributed by atoms with Crippen molar-refractivity contribution < 1.29 is 18.8 Å². The van der Waals surface area contributed by atoms with Gasteiger partial charge >= 0.3 is 0 Å². The minimum atomic E-state index is -0.978. The van der Waals surface area contributed by atoms with E-state index in [1.54, 1.807) is 48.7 Å². The minimum Gasteiger partial charge on any atom is -0.351 e. The van der Waals surface area contributed by atoms with Crippen LogP contribution in [0, 0.1) is 12.7 Å². The van der Waals surface area contributed by atoms with Gasteiger partial charge in [0, 0.05) is 30.8 Å². The molecule has 0 aliphatic heterocycles. The van der Waals surface area contributed by atoms with Crippen LogP contribution >= 0.6 is 0 Å². The molecule has 0 spiro atoms. The van der Waals surface area contributed by atoms with Crippen molar-refractivity contribution in [2.75, 3.05) is 10.2 Å². The van der Waals surface area contributed by atoms with Crippen LogP contribution in [0.4, 0.5) is 15.9 Å². The summed E-state index contributed by atoms with van der Waals surface area (Å²) in [5.74, 6) is -0.811. The largest absolute Gasteiger partial charge is 0.351 e. The van der Waals surface area contributed by atoms with Crippen molar-refractivity contribution in [2.24, 2.45) is 0 Å². The van der Waals surface area contributed by atoms with E-state index in [0.29, 0.717) is 23.5 Å². The van der Waals surface area contributed by atoms with Crippen LogP contribution in [0.15, 0.2) is 72.9 Å². The van der Waals surface area contributed by atoms with Crippen molar-refractivity contribution >= 4 is 29.2 Å². The Hall–Kier alpha value is -4.07. The number of halogens is 1. The van der Waals surface area contributed by atoms with Crippen LogP contribution in [-0.2, 0) is 14.4 Å². The molecule has 1 heterocycles. The van der Waals surface area contributed by atoms with Gasteiger partial charge in [0.25, 0.3) is 0 Å². The minimum absolute atomic E-state index is 0.0516. The molecule has 2 aromatic carbocycles. The molecule has 38 heavy (non-hydrogen) atoms. The molecule has 198 valence electrons. The molecule has 8 heteroatoms. The summed E-state index contributed by atoms with van der Waals surface area (Å²) in [5, 5.41) is 5.83. The summed E-state index contributed by atoms with van der Waals surface area (Å²) in [6.07, 6.45) is 5.95. The molecule has 1 saturated carbocycles. The second kappa shape index (κ2) is 12.9. The van der Waals surface area contributed by atoms with Gasteiger partial charge in [-0.2, -0.15) is 0 Å². The van der Waals surface area contributed by atoms with Crippen LogP contribution in [0.25, 0.3) is 0 Å². The highest BCUT2D eigenvalue weighted by Crippen LogP contribution is 2.30. The lowest BCUT2D eigenvalue weighted by molar-refractivity contribution is -0.127. The van der Waals surface area contributed by atoms with Crippen LogP contribution in [0.3, 0.4) is 0 Å². The fraction of sp³-hybridized carbons (Fsp3) is 0.333. The lowest BCUT2D eigenvalue weighted by Gasteiger charge is -2.32. The van der Waals surface area contributed by atoms with Crippen LogP contribution in [0.2, 0.25) is 0 Å². The average Bonchev–Trinajstić information content (AvgIpc) is 3.42. The Bertz CT molecular complexity index is 1230. The van der Waals surface area contributed by atoms with E-state index in [9.17, 15) is 18.8 Å².